The van der Waals surface area contributed by atoms with Gasteiger partial charge in [-0.2, -0.15) is 0 Å². The van der Waals surface area contributed by atoms with E-state index in [1.807, 2.05) is 0 Å². The molecule has 0 fully saturated rings. The van der Waals surface area contributed by atoms with Crippen LogP contribution in [0.25, 0.3) is 0 Å². The van der Waals surface area contributed by atoms with Crippen molar-refractivity contribution in [2.24, 2.45) is 5.92 Å². The van der Waals surface area contributed by atoms with Crippen molar-refractivity contribution in [3.8, 4) is 0 Å². The van der Waals surface area contributed by atoms with Crippen LogP contribution >= 0.6 is 0 Å². The third kappa shape index (κ3) is 9.13. The number of hydrogen-bond acceptors (Lipinski definition) is 3. The number of hydrogen-bond donors (Lipinski definition) is 1. The number of nitrogens with zero attached hydrogens (tertiary/aromatic N) is 1. The van der Waals surface area contributed by atoms with Crippen LogP contribution < -0.4 is 5.32 Å². The quantitative estimate of drug-likeness (QED) is 0.621. The molecule has 3 heteroatoms. The van der Waals surface area contributed by atoms with Crippen molar-refractivity contribution < 1.29 is 4.74 Å². The van der Waals surface area contributed by atoms with Gasteiger partial charge in [-0.25, -0.2) is 0 Å². The monoisotopic (exact) mass is 230 g/mol. The molecule has 0 aliphatic heterocycles. The highest BCUT2D eigenvalue weighted by Crippen LogP contribution is 1.93. The van der Waals surface area contributed by atoms with Crippen LogP contribution in [0.15, 0.2) is 0 Å². The smallest absolute Gasteiger partial charge is 0.0672 e. The lowest BCUT2D eigenvalue weighted by Gasteiger charge is -2.20. The van der Waals surface area contributed by atoms with Gasteiger partial charge in [0.05, 0.1) is 12.7 Å². The molecule has 1 atom stereocenters. The van der Waals surface area contributed by atoms with Crippen LogP contribution in [-0.4, -0.2) is 50.3 Å². The van der Waals surface area contributed by atoms with Crippen molar-refractivity contribution in [3.05, 3.63) is 0 Å². The highest BCUT2D eigenvalue weighted by molar-refractivity contribution is 4.58. The molecule has 98 valence electrons. The van der Waals surface area contributed by atoms with Crippen molar-refractivity contribution in [1.82, 2.24) is 10.2 Å². The molecule has 0 aliphatic rings. The van der Waals surface area contributed by atoms with Gasteiger partial charge >= 0.3 is 0 Å². The summed E-state index contributed by atoms with van der Waals surface area (Å²) in [6.07, 6.45) is 0.314. The molecule has 1 unspecified atom stereocenters. The molecule has 1 N–H and O–H groups in total. The van der Waals surface area contributed by atoms with Gasteiger partial charge in [-0.1, -0.05) is 27.7 Å². The minimum Gasteiger partial charge on any atom is -0.376 e. The minimum atomic E-state index is 0.314. The average Bonchev–Trinajstić information content (AvgIpc) is 2.24. The fourth-order valence-electron chi connectivity index (χ4n) is 1.56. The van der Waals surface area contributed by atoms with Crippen LogP contribution in [0.5, 0.6) is 0 Å². The van der Waals surface area contributed by atoms with Crippen LogP contribution in [0.1, 0.15) is 34.6 Å². The Morgan fingerprint density at radius 2 is 1.69 bits per heavy atom. The number of rotatable bonds is 10. The van der Waals surface area contributed by atoms with E-state index >= 15 is 0 Å². The summed E-state index contributed by atoms with van der Waals surface area (Å²) >= 11 is 0. The highest BCUT2D eigenvalue weighted by atomic mass is 16.5. The lowest BCUT2D eigenvalue weighted by atomic mass is 10.2. The van der Waals surface area contributed by atoms with Gasteiger partial charge in [0.15, 0.2) is 0 Å². The Labute approximate surface area is 102 Å². The number of ether oxygens (including phenoxy) is 1. The molecule has 0 aromatic carbocycles. The highest BCUT2D eigenvalue weighted by Gasteiger charge is 2.04. The first-order valence-electron chi connectivity index (χ1n) is 6.64. The average molecular weight is 230 g/mol. The lowest BCUT2D eigenvalue weighted by molar-refractivity contribution is 0.0499. The van der Waals surface area contributed by atoms with Gasteiger partial charge in [0, 0.05) is 13.1 Å². The predicted octanol–water partition coefficient (Wildman–Crippen LogP) is 1.98. The first kappa shape index (κ1) is 15.9. The molecule has 0 radical (unpaired) electrons. The molecule has 0 aromatic heterocycles. The third-order valence-electron chi connectivity index (χ3n) is 2.69. The van der Waals surface area contributed by atoms with Gasteiger partial charge < -0.3 is 15.0 Å². The topological polar surface area (TPSA) is 24.5 Å². The second kappa shape index (κ2) is 10.1. The van der Waals surface area contributed by atoms with E-state index in [9.17, 15) is 0 Å². The Balaban J connectivity index is 3.39. The van der Waals surface area contributed by atoms with E-state index in [-0.39, 0.29) is 0 Å². The molecule has 0 saturated heterocycles. The summed E-state index contributed by atoms with van der Waals surface area (Å²) in [5.74, 6) is 0.711. The SMILES string of the molecule is CCN(CC)CCOC(C)CNCC(C)C. The zero-order valence-electron chi connectivity index (χ0n) is 11.8. The van der Waals surface area contributed by atoms with Gasteiger partial charge in [-0.05, 0) is 32.5 Å². The molecule has 3 nitrogen and oxygen atoms in total. The molecule has 0 aromatic rings. The Morgan fingerprint density at radius 3 is 2.19 bits per heavy atom. The number of likely N-dealkylation sites (N-methyl/N-ethyl adjacent to an activating group) is 1. The molecule has 16 heavy (non-hydrogen) atoms. The molecule has 0 spiro atoms. The van der Waals surface area contributed by atoms with Gasteiger partial charge in [0.25, 0.3) is 0 Å². The zero-order valence-corrected chi connectivity index (χ0v) is 11.8. The molecule has 0 heterocycles. The maximum Gasteiger partial charge on any atom is 0.0672 e. The van der Waals surface area contributed by atoms with Gasteiger partial charge in [-0.15, -0.1) is 0 Å². The molecule has 0 saturated carbocycles. The summed E-state index contributed by atoms with van der Waals surface area (Å²) in [5, 5.41) is 3.41. The minimum absolute atomic E-state index is 0.314. The Hall–Kier alpha value is -0.120. The lowest BCUT2D eigenvalue weighted by Crippen LogP contribution is -2.32. The van der Waals surface area contributed by atoms with E-state index in [2.05, 4.69) is 44.8 Å². The largest absolute Gasteiger partial charge is 0.376 e. The maximum absolute atomic E-state index is 5.75. The van der Waals surface area contributed by atoms with Crippen molar-refractivity contribution in [3.63, 3.8) is 0 Å². The molecule has 0 aliphatic carbocycles. The van der Waals surface area contributed by atoms with Crippen molar-refractivity contribution in [2.45, 2.75) is 40.7 Å². The fraction of sp³-hybridized carbons (Fsp3) is 1.00. The summed E-state index contributed by atoms with van der Waals surface area (Å²) in [7, 11) is 0. The fourth-order valence-corrected chi connectivity index (χ4v) is 1.56. The molecule has 0 rings (SSSR count). The number of nitrogens with one attached hydrogen (secondary N) is 1. The molecule has 0 bridgehead atoms. The van der Waals surface area contributed by atoms with Crippen LogP contribution in [0.2, 0.25) is 0 Å². The van der Waals surface area contributed by atoms with Crippen molar-refractivity contribution in [2.75, 3.05) is 39.3 Å². The Kier molecular flexibility index (Phi) is 9.99. The van der Waals surface area contributed by atoms with Gasteiger partial charge in [-0.3, -0.25) is 0 Å². The van der Waals surface area contributed by atoms with E-state index < -0.39 is 0 Å². The standard InChI is InChI=1S/C13H30N2O/c1-6-15(7-2)8-9-16-13(5)11-14-10-12(3)4/h12-14H,6-11H2,1-5H3. The molecule has 0 amide bonds. The predicted molar refractivity (Wildman–Crippen MR) is 70.9 cm³/mol. The van der Waals surface area contributed by atoms with Crippen LogP contribution in [0.3, 0.4) is 0 Å². The Bertz CT molecular complexity index is 147. The summed E-state index contributed by atoms with van der Waals surface area (Å²) < 4.78 is 5.75. The van der Waals surface area contributed by atoms with Gasteiger partial charge in [0.2, 0.25) is 0 Å². The normalized spacial score (nSPS) is 13.7. The molecular formula is C13H30N2O. The Morgan fingerprint density at radius 1 is 1.06 bits per heavy atom. The van der Waals surface area contributed by atoms with E-state index in [0.717, 1.165) is 39.3 Å². The maximum atomic E-state index is 5.75. The first-order chi connectivity index (χ1) is 7.60. The van der Waals surface area contributed by atoms with E-state index in [1.165, 1.54) is 0 Å². The van der Waals surface area contributed by atoms with Crippen LogP contribution in [0, 0.1) is 5.92 Å². The summed E-state index contributed by atoms with van der Waals surface area (Å²) in [6.45, 7) is 17.1. The summed E-state index contributed by atoms with van der Waals surface area (Å²) in [4.78, 5) is 2.38. The summed E-state index contributed by atoms with van der Waals surface area (Å²) in [5.41, 5.74) is 0. The van der Waals surface area contributed by atoms with E-state index in [1.54, 1.807) is 0 Å². The molecular weight excluding hydrogens is 200 g/mol. The van der Waals surface area contributed by atoms with Gasteiger partial charge in [0.1, 0.15) is 0 Å². The van der Waals surface area contributed by atoms with Crippen molar-refractivity contribution >= 4 is 0 Å². The van der Waals surface area contributed by atoms with Crippen LogP contribution in [-0.2, 0) is 4.74 Å². The second-order valence-corrected chi connectivity index (χ2v) is 4.76. The summed E-state index contributed by atoms with van der Waals surface area (Å²) in [6, 6.07) is 0. The first-order valence-corrected chi connectivity index (χ1v) is 6.64. The zero-order chi connectivity index (χ0) is 12.4. The van der Waals surface area contributed by atoms with Crippen molar-refractivity contribution in [1.29, 1.82) is 0 Å². The van der Waals surface area contributed by atoms with E-state index in [0.29, 0.717) is 12.0 Å². The van der Waals surface area contributed by atoms with Crippen LogP contribution in [0.4, 0.5) is 0 Å². The third-order valence-corrected chi connectivity index (χ3v) is 2.69. The van der Waals surface area contributed by atoms with E-state index in [4.69, 9.17) is 4.74 Å². The second-order valence-electron chi connectivity index (χ2n) is 4.76.